The van der Waals surface area contributed by atoms with Gasteiger partial charge in [0, 0.05) is 17.3 Å². The van der Waals surface area contributed by atoms with Crippen molar-refractivity contribution in [3.8, 4) is 0 Å². The largest absolute Gasteiger partial charge is 0.550 e. The van der Waals surface area contributed by atoms with E-state index in [9.17, 15) is 60.0 Å². The van der Waals surface area contributed by atoms with Crippen LogP contribution >= 0.6 is 0 Å². The second-order valence-corrected chi connectivity index (χ2v) is 20.6. The topological polar surface area (TPSA) is 306 Å². The minimum Gasteiger partial charge on any atom is -0.550 e. The summed E-state index contributed by atoms with van der Waals surface area (Å²) in [5.74, 6) is -4.80. The Bertz CT molecular complexity index is 1740. The van der Waals surface area contributed by atoms with Crippen molar-refractivity contribution >= 4 is 23.7 Å². The van der Waals surface area contributed by atoms with Gasteiger partial charge >= 0.3 is 11.9 Å². The maximum atomic E-state index is 14.8. The van der Waals surface area contributed by atoms with Crippen LogP contribution in [-0.4, -0.2) is 127 Å². The number of ether oxygens (including phenoxy) is 4. The predicted molar refractivity (Wildman–Crippen MR) is 203 cm³/mol. The van der Waals surface area contributed by atoms with E-state index in [1.54, 1.807) is 6.92 Å². The van der Waals surface area contributed by atoms with Crippen molar-refractivity contribution in [2.24, 2.45) is 50.2 Å². The van der Waals surface area contributed by atoms with Crippen LogP contribution in [0.2, 0.25) is 0 Å². The molecule has 0 aromatic rings. The van der Waals surface area contributed by atoms with Crippen molar-refractivity contribution in [3.05, 3.63) is 11.6 Å². The molecule has 14 unspecified atom stereocenters. The third-order valence-corrected chi connectivity index (χ3v) is 17.2. The number of fused-ring (bicyclic) bond motifs is 7. The molecule has 0 spiro atoms. The van der Waals surface area contributed by atoms with Gasteiger partial charge < -0.3 is 70.7 Å². The fraction of sp³-hybridized carbons (Fsp3) is 0.857. The van der Waals surface area contributed by atoms with Crippen molar-refractivity contribution in [1.29, 1.82) is 0 Å². The van der Waals surface area contributed by atoms with E-state index in [0.29, 0.717) is 38.5 Å². The van der Waals surface area contributed by atoms with Gasteiger partial charge in [0.15, 0.2) is 30.6 Å². The molecule has 7 aliphatic rings. The number of hydrogen-bond donors (Lipinski definition) is 8. The standard InChI is InChI=1S/C42H62O16.H3N/c1-37(2)21-8-11-42(7)31(20(43)16-18-19-17-39(4,36(53)54)13-12-38(19,3)14-15-41(18,42)6)40(21,5)10-9-22(37)55-35-30(26(47)25(46)29(57-35)33(51)52)58-34-27(48)23(44)24(45)28(56-34)32(49)50;/h16,19,21-31,34-35,44-48H,8-15,17H2,1-7H3,(H,49,50)(H,51,52)(H,53,54);1H3/t19?,21?,22?,23?,24?,25?,26?,27?,28?,29?,30?,31?,34?,35?,38-,39+,40+,41-,42-;/m1./s1. The molecule has 17 heteroatoms. The first kappa shape index (κ1) is 45.9. The van der Waals surface area contributed by atoms with E-state index in [4.69, 9.17) is 18.9 Å². The minimum absolute atomic E-state index is 0. The Hall–Kier alpha value is -2.58. The number of ketones is 1. The van der Waals surface area contributed by atoms with Crippen molar-refractivity contribution in [2.45, 2.75) is 174 Å². The SMILES string of the molecule is CC1(C)C(OC2OC(C(=O)O)C(O)C(O)C2OC2OC(C(=O)O)C(O)C(O)C2O)CC[C@@]2(C)C1CC[C@]1(C)C2C(=O)C=C2C3C[C@@](C)(C(=O)[O-])CC[C@]3(C)CC[C@]21C.[NH4+]. The van der Waals surface area contributed by atoms with Gasteiger partial charge in [-0.1, -0.05) is 54.0 Å². The summed E-state index contributed by atoms with van der Waals surface area (Å²) >= 11 is 0. The van der Waals surface area contributed by atoms with E-state index in [1.807, 2.05) is 19.9 Å². The van der Waals surface area contributed by atoms with Gasteiger partial charge in [0.2, 0.25) is 0 Å². The molecule has 334 valence electrons. The summed E-state index contributed by atoms with van der Waals surface area (Å²) in [4.78, 5) is 51.2. The molecule has 59 heavy (non-hydrogen) atoms. The van der Waals surface area contributed by atoms with Gasteiger partial charge in [0.05, 0.1) is 6.10 Å². The number of rotatable bonds is 7. The highest BCUT2D eigenvalue weighted by Crippen LogP contribution is 2.75. The summed E-state index contributed by atoms with van der Waals surface area (Å²) in [7, 11) is 0. The molecular weight excluding hydrogens is 774 g/mol. The van der Waals surface area contributed by atoms with Crippen LogP contribution in [0, 0.1) is 50.2 Å². The Labute approximate surface area is 344 Å². The van der Waals surface area contributed by atoms with Crippen molar-refractivity contribution in [2.75, 3.05) is 0 Å². The van der Waals surface area contributed by atoms with Gasteiger partial charge in [-0.05, 0) is 103 Å². The van der Waals surface area contributed by atoms with Crippen LogP contribution in [0.15, 0.2) is 11.6 Å². The highest BCUT2D eigenvalue weighted by atomic mass is 16.8. The first-order valence-corrected chi connectivity index (χ1v) is 20.7. The number of carboxylic acid groups (broad SMARTS) is 3. The average molecular weight is 840 g/mol. The summed E-state index contributed by atoms with van der Waals surface area (Å²) in [6.45, 7) is 14.7. The van der Waals surface area contributed by atoms with Gasteiger partial charge in [-0.25, -0.2) is 9.59 Å². The van der Waals surface area contributed by atoms with Crippen LogP contribution in [0.4, 0.5) is 0 Å². The number of carboxylic acids is 3. The lowest BCUT2D eigenvalue weighted by Crippen LogP contribution is -2.68. The number of quaternary nitrogens is 1. The van der Waals surface area contributed by atoms with Crippen LogP contribution in [0.3, 0.4) is 0 Å². The van der Waals surface area contributed by atoms with Crippen molar-refractivity contribution in [3.63, 3.8) is 0 Å². The zero-order chi connectivity index (χ0) is 42.9. The molecule has 6 fully saturated rings. The Morgan fingerprint density at radius 1 is 0.729 bits per heavy atom. The molecule has 11 N–H and O–H groups in total. The van der Waals surface area contributed by atoms with Crippen LogP contribution < -0.4 is 11.3 Å². The quantitative estimate of drug-likeness (QED) is 0.168. The Kier molecular flexibility index (Phi) is 11.7. The highest BCUT2D eigenvalue weighted by molar-refractivity contribution is 5.95. The smallest absolute Gasteiger partial charge is 0.335 e. The third kappa shape index (κ3) is 6.72. The molecule has 2 heterocycles. The molecule has 0 radical (unpaired) electrons. The molecule has 0 amide bonds. The number of aliphatic carboxylic acids is 3. The summed E-state index contributed by atoms with van der Waals surface area (Å²) in [5.41, 5.74) is -2.03. The van der Waals surface area contributed by atoms with Crippen LogP contribution in [0.25, 0.3) is 0 Å². The normalized spacial score (nSPS) is 51.7. The van der Waals surface area contributed by atoms with Crippen molar-refractivity contribution in [1.82, 2.24) is 6.15 Å². The summed E-state index contributed by atoms with van der Waals surface area (Å²) < 4.78 is 23.4. The fourth-order valence-electron chi connectivity index (χ4n) is 13.4. The Morgan fingerprint density at radius 2 is 1.31 bits per heavy atom. The highest BCUT2D eigenvalue weighted by Gasteiger charge is 2.70. The number of carbonyl (C=O) groups is 4. The molecule has 2 aliphatic heterocycles. The van der Waals surface area contributed by atoms with Crippen LogP contribution in [-0.2, 0) is 38.1 Å². The molecule has 0 aromatic carbocycles. The van der Waals surface area contributed by atoms with Gasteiger partial charge in [-0.2, -0.15) is 0 Å². The Balaban J connectivity index is 0.00000585. The summed E-state index contributed by atoms with van der Waals surface area (Å²) in [6, 6.07) is 0. The zero-order valence-corrected chi connectivity index (χ0v) is 35.3. The number of hydrogen-bond acceptors (Lipinski definition) is 14. The lowest BCUT2D eigenvalue weighted by molar-refractivity contribution is -0.371. The molecule has 0 bridgehead atoms. The Morgan fingerprint density at radius 3 is 1.90 bits per heavy atom. The molecule has 0 aromatic heterocycles. The van der Waals surface area contributed by atoms with Crippen LogP contribution in [0.5, 0.6) is 0 Å². The first-order valence-electron chi connectivity index (χ1n) is 20.7. The van der Waals surface area contributed by atoms with Gasteiger partial charge in [-0.3, -0.25) is 4.79 Å². The number of carbonyl (C=O) groups excluding carboxylic acids is 2. The average Bonchev–Trinajstić information content (AvgIpc) is 3.13. The molecule has 7 rings (SSSR count). The van der Waals surface area contributed by atoms with Gasteiger partial charge in [0.1, 0.15) is 36.6 Å². The second-order valence-electron chi connectivity index (χ2n) is 20.6. The molecule has 19 atom stereocenters. The summed E-state index contributed by atoms with van der Waals surface area (Å²) in [6.07, 6.45) is -12.5. The molecule has 4 saturated carbocycles. The lowest BCUT2D eigenvalue weighted by atomic mass is 9.33. The molecule has 5 aliphatic carbocycles. The van der Waals surface area contributed by atoms with Gasteiger partial charge in [0.25, 0.3) is 0 Å². The molecule has 17 nitrogen and oxygen atoms in total. The van der Waals surface area contributed by atoms with Crippen LogP contribution in [0.1, 0.15) is 106 Å². The van der Waals surface area contributed by atoms with E-state index in [-0.39, 0.29) is 40.5 Å². The lowest BCUT2D eigenvalue weighted by Gasteiger charge is -2.70. The van der Waals surface area contributed by atoms with Gasteiger partial charge in [-0.15, -0.1) is 0 Å². The molecule has 2 saturated heterocycles. The predicted octanol–water partition coefficient (Wildman–Crippen LogP) is 1.29. The summed E-state index contributed by atoms with van der Waals surface area (Å²) in [5, 5.41) is 85.1. The second kappa shape index (κ2) is 15.1. The maximum absolute atomic E-state index is 14.8. The number of aliphatic hydroxyl groups is 5. The van der Waals surface area contributed by atoms with E-state index in [0.717, 1.165) is 24.8 Å². The third-order valence-electron chi connectivity index (χ3n) is 17.2. The zero-order valence-electron chi connectivity index (χ0n) is 35.3. The first-order chi connectivity index (χ1) is 26.8. The monoisotopic (exact) mass is 839 g/mol. The van der Waals surface area contributed by atoms with E-state index in [1.165, 1.54) is 0 Å². The number of allylic oxidation sites excluding steroid dienone is 2. The minimum atomic E-state index is -2.05. The fourth-order valence-corrected chi connectivity index (χ4v) is 13.4. The van der Waals surface area contributed by atoms with E-state index >= 15 is 0 Å². The van der Waals surface area contributed by atoms with E-state index in [2.05, 4.69) is 27.7 Å². The number of aliphatic hydroxyl groups excluding tert-OH is 5. The van der Waals surface area contributed by atoms with Crippen molar-refractivity contribution < 1.29 is 79.0 Å². The molecular formula is C42H65NO16. The van der Waals surface area contributed by atoms with E-state index < -0.39 is 107 Å². The maximum Gasteiger partial charge on any atom is 0.335 e.